The quantitative estimate of drug-likeness (QED) is 0.673. The molecule has 1 saturated heterocycles. The third-order valence-electron chi connectivity index (χ3n) is 2.43. The number of carbonyl (C=O) groups is 1. The summed E-state index contributed by atoms with van der Waals surface area (Å²) in [4.78, 5) is 13.2. The van der Waals surface area contributed by atoms with Gasteiger partial charge in [0.05, 0.1) is 0 Å². The summed E-state index contributed by atoms with van der Waals surface area (Å²) >= 11 is 0. The Morgan fingerprint density at radius 2 is 2.25 bits per heavy atom. The van der Waals surface area contributed by atoms with Crippen LogP contribution in [0.4, 0.5) is 0 Å². The van der Waals surface area contributed by atoms with E-state index >= 15 is 0 Å². The molecule has 0 aliphatic carbocycles. The summed E-state index contributed by atoms with van der Waals surface area (Å²) in [5.74, 6) is 0.304. The van der Waals surface area contributed by atoms with Crippen molar-refractivity contribution in [1.29, 1.82) is 0 Å². The van der Waals surface area contributed by atoms with Crippen molar-refractivity contribution in [2.45, 2.75) is 32.2 Å². The summed E-state index contributed by atoms with van der Waals surface area (Å²) in [5.41, 5.74) is 0.0417. The van der Waals surface area contributed by atoms with Crippen LogP contribution in [0.5, 0.6) is 0 Å². The van der Waals surface area contributed by atoms with Crippen molar-refractivity contribution < 1.29 is 4.79 Å². The van der Waals surface area contributed by atoms with E-state index in [0.29, 0.717) is 5.91 Å². The van der Waals surface area contributed by atoms with Gasteiger partial charge < -0.3 is 10.2 Å². The molecule has 0 saturated carbocycles. The molecule has 70 valence electrons. The van der Waals surface area contributed by atoms with Crippen LogP contribution in [0.3, 0.4) is 0 Å². The number of hydrogen-bond donors (Lipinski definition) is 1. The Labute approximate surface area is 74.1 Å². The first-order chi connectivity index (χ1) is 5.55. The first kappa shape index (κ1) is 9.52. The monoisotopic (exact) mass is 170 g/mol. The first-order valence-corrected chi connectivity index (χ1v) is 4.52. The Hall–Kier alpha value is -0.570. The van der Waals surface area contributed by atoms with E-state index in [1.807, 2.05) is 11.9 Å². The molecule has 0 unspecified atom stereocenters. The van der Waals surface area contributed by atoms with Crippen LogP contribution in [-0.4, -0.2) is 36.5 Å². The summed E-state index contributed by atoms with van der Waals surface area (Å²) in [6, 6.07) is 0. The van der Waals surface area contributed by atoms with E-state index in [1.54, 1.807) is 0 Å². The fraction of sp³-hybridized carbons (Fsp3) is 0.889. The zero-order chi connectivity index (χ0) is 9.19. The molecule has 1 aliphatic heterocycles. The average molecular weight is 170 g/mol. The number of hydrogen-bond acceptors (Lipinski definition) is 2. The number of likely N-dealkylation sites (tertiary alicyclic amines) is 1. The molecule has 0 atom stereocenters. The van der Waals surface area contributed by atoms with Crippen molar-refractivity contribution in [2.75, 3.05) is 20.1 Å². The standard InChI is InChI=1S/C9H18N2O/c1-9(2,10-3)7-11-6-4-5-8(11)12/h10H,4-7H2,1-3H3. The molecule has 1 amide bonds. The number of nitrogens with one attached hydrogen (secondary N) is 1. The molecule has 0 aromatic carbocycles. The highest BCUT2D eigenvalue weighted by Gasteiger charge is 2.26. The summed E-state index contributed by atoms with van der Waals surface area (Å²) in [5, 5.41) is 3.19. The Balaban J connectivity index is 2.45. The van der Waals surface area contributed by atoms with Crippen LogP contribution < -0.4 is 5.32 Å². The van der Waals surface area contributed by atoms with E-state index in [0.717, 1.165) is 25.9 Å². The van der Waals surface area contributed by atoms with E-state index in [1.165, 1.54) is 0 Å². The average Bonchev–Trinajstić information content (AvgIpc) is 2.36. The van der Waals surface area contributed by atoms with Gasteiger partial charge in [-0.15, -0.1) is 0 Å². The van der Waals surface area contributed by atoms with Crippen LogP contribution in [0.25, 0.3) is 0 Å². The van der Waals surface area contributed by atoms with Crippen LogP contribution in [0.1, 0.15) is 26.7 Å². The minimum Gasteiger partial charge on any atom is -0.341 e. The van der Waals surface area contributed by atoms with Gasteiger partial charge in [0.2, 0.25) is 5.91 Å². The van der Waals surface area contributed by atoms with E-state index in [-0.39, 0.29) is 5.54 Å². The van der Waals surface area contributed by atoms with Gasteiger partial charge in [0.15, 0.2) is 0 Å². The Bertz CT molecular complexity index is 177. The second kappa shape index (κ2) is 3.44. The van der Waals surface area contributed by atoms with Gasteiger partial charge in [-0.05, 0) is 27.3 Å². The lowest BCUT2D eigenvalue weighted by molar-refractivity contribution is -0.128. The fourth-order valence-corrected chi connectivity index (χ4v) is 1.43. The maximum Gasteiger partial charge on any atom is 0.222 e. The molecule has 3 heteroatoms. The molecule has 1 rings (SSSR count). The van der Waals surface area contributed by atoms with Crippen molar-refractivity contribution in [3.8, 4) is 0 Å². The Morgan fingerprint density at radius 3 is 2.67 bits per heavy atom. The number of rotatable bonds is 3. The Kier molecular flexibility index (Phi) is 2.73. The molecule has 1 fully saturated rings. The summed E-state index contributed by atoms with van der Waals surface area (Å²) < 4.78 is 0. The molecule has 1 N–H and O–H groups in total. The molecular formula is C9H18N2O. The largest absolute Gasteiger partial charge is 0.341 e. The molecule has 1 heterocycles. The predicted molar refractivity (Wildman–Crippen MR) is 49.0 cm³/mol. The number of nitrogens with zero attached hydrogens (tertiary/aromatic N) is 1. The van der Waals surface area contributed by atoms with Gasteiger partial charge in [-0.25, -0.2) is 0 Å². The minimum absolute atomic E-state index is 0.0417. The molecule has 0 aromatic rings. The van der Waals surface area contributed by atoms with Gasteiger partial charge in [0.1, 0.15) is 0 Å². The maximum atomic E-state index is 11.3. The molecule has 12 heavy (non-hydrogen) atoms. The normalized spacial score (nSPS) is 18.9. The number of likely N-dealkylation sites (N-methyl/N-ethyl adjacent to an activating group) is 1. The van der Waals surface area contributed by atoms with Crippen LogP contribution >= 0.6 is 0 Å². The highest BCUT2D eigenvalue weighted by atomic mass is 16.2. The van der Waals surface area contributed by atoms with Crippen molar-refractivity contribution in [2.24, 2.45) is 0 Å². The Morgan fingerprint density at radius 1 is 1.58 bits per heavy atom. The van der Waals surface area contributed by atoms with Gasteiger partial charge in [-0.2, -0.15) is 0 Å². The number of carbonyl (C=O) groups excluding carboxylic acids is 1. The third-order valence-corrected chi connectivity index (χ3v) is 2.43. The lowest BCUT2D eigenvalue weighted by Crippen LogP contribution is -2.47. The van der Waals surface area contributed by atoms with Gasteiger partial charge in [-0.1, -0.05) is 0 Å². The topological polar surface area (TPSA) is 32.3 Å². The maximum absolute atomic E-state index is 11.3. The van der Waals surface area contributed by atoms with E-state index in [9.17, 15) is 4.79 Å². The van der Waals surface area contributed by atoms with Crippen LogP contribution in [0.2, 0.25) is 0 Å². The van der Waals surface area contributed by atoms with Crippen LogP contribution in [0.15, 0.2) is 0 Å². The first-order valence-electron chi connectivity index (χ1n) is 4.52. The minimum atomic E-state index is 0.0417. The van der Waals surface area contributed by atoms with E-state index in [2.05, 4.69) is 19.2 Å². The van der Waals surface area contributed by atoms with E-state index in [4.69, 9.17) is 0 Å². The molecule has 0 bridgehead atoms. The van der Waals surface area contributed by atoms with Crippen molar-refractivity contribution in [3.63, 3.8) is 0 Å². The van der Waals surface area contributed by atoms with Crippen molar-refractivity contribution >= 4 is 5.91 Å². The molecular weight excluding hydrogens is 152 g/mol. The van der Waals surface area contributed by atoms with Crippen molar-refractivity contribution in [3.05, 3.63) is 0 Å². The second-order valence-electron chi connectivity index (χ2n) is 4.05. The second-order valence-corrected chi connectivity index (χ2v) is 4.05. The van der Waals surface area contributed by atoms with Gasteiger partial charge in [0.25, 0.3) is 0 Å². The number of amides is 1. The predicted octanol–water partition coefficient (Wildman–Crippen LogP) is 0.607. The van der Waals surface area contributed by atoms with E-state index < -0.39 is 0 Å². The molecule has 0 radical (unpaired) electrons. The lowest BCUT2D eigenvalue weighted by Gasteiger charge is -2.29. The highest BCUT2D eigenvalue weighted by molar-refractivity contribution is 5.78. The summed E-state index contributed by atoms with van der Waals surface area (Å²) in [6.45, 7) is 5.98. The molecule has 1 aliphatic rings. The SMILES string of the molecule is CNC(C)(C)CN1CCCC1=O. The fourth-order valence-electron chi connectivity index (χ4n) is 1.43. The van der Waals surface area contributed by atoms with Crippen LogP contribution in [0, 0.1) is 0 Å². The zero-order valence-electron chi connectivity index (χ0n) is 8.18. The smallest absolute Gasteiger partial charge is 0.222 e. The van der Waals surface area contributed by atoms with Crippen LogP contribution in [-0.2, 0) is 4.79 Å². The zero-order valence-corrected chi connectivity index (χ0v) is 8.18. The lowest BCUT2D eigenvalue weighted by atomic mass is 10.1. The molecule has 0 spiro atoms. The molecule has 3 nitrogen and oxygen atoms in total. The summed E-state index contributed by atoms with van der Waals surface area (Å²) in [6.07, 6.45) is 1.76. The third kappa shape index (κ3) is 2.21. The van der Waals surface area contributed by atoms with Gasteiger partial charge in [0, 0.05) is 25.0 Å². The van der Waals surface area contributed by atoms with Gasteiger partial charge in [-0.3, -0.25) is 4.79 Å². The molecule has 0 aromatic heterocycles. The highest BCUT2D eigenvalue weighted by Crippen LogP contribution is 2.13. The summed E-state index contributed by atoms with van der Waals surface area (Å²) in [7, 11) is 1.93. The van der Waals surface area contributed by atoms with Gasteiger partial charge >= 0.3 is 0 Å². The van der Waals surface area contributed by atoms with Crippen molar-refractivity contribution in [1.82, 2.24) is 10.2 Å².